The number of nitrogens with zero attached hydrogens (tertiary/aromatic N) is 2. The van der Waals surface area contributed by atoms with Crippen LogP contribution >= 0.6 is 0 Å². The van der Waals surface area contributed by atoms with E-state index >= 15 is 0 Å². The lowest BCUT2D eigenvalue weighted by molar-refractivity contribution is 0.660. The van der Waals surface area contributed by atoms with Gasteiger partial charge in [0.05, 0.1) is 16.9 Å². The molecule has 0 amide bonds. The van der Waals surface area contributed by atoms with Crippen molar-refractivity contribution < 1.29 is 0 Å². The number of rotatable bonds is 7. The second-order valence-corrected chi connectivity index (χ2v) is 18.1. The number of hydrogen-bond donors (Lipinski definition) is 0. The second kappa shape index (κ2) is 14.4. The van der Waals surface area contributed by atoms with Crippen LogP contribution in [0, 0.1) is 0 Å². The molecule has 12 aromatic rings. The van der Waals surface area contributed by atoms with Crippen LogP contribution in [0.4, 0.5) is 17.1 Å². The molecule has 1 aromatic heterocycles. The highest BCUT2D eigenvalue weighted by molar-refractivity contribution is 6.32. The smallest absolute Gasteiger partial charge is 0.0620 e. The second-order valence-electron chi connectivity index (χ2n) is 18.1. The molecule has 1 heterocycles. The number of para-hydroxylation sites is 1. The van der Waals surface area contributed by atoms with Gasteiger partial charge >= 0.3 is 0 Å². The van der Waals surface area contributed by atoms with Crippen LogP contribution in [0.15, 0.2) is 231 Å². The van der Waals surface area contributed by atoms with Gasteiger partial charge in [-0.15, -0.1) is 0 Å². The molecule has 0 unspecified atom stereocenters. The van der Waals surface area contributed by atoms with E-state index in [1.54, 1.807) is 0 Å². The largest absolute Gasteiger partial charge is 0.310 e. The summed E-state index contributed by atoms with van der Waals surface area (Å²) < 4.78 is 2.54. The molecular weight excluding hydrogens is 785 g/mol. The van der Waals surface area contributed by atoms with E-state index in [2.05, 4.69) is 254 Å². The molecule has 2 heteroatoms. The van der Waals surface area contributed by atoms with Crippen molar-refractivity contribution in [3.05, 3.63) is 242 Å². The minimum absolute atomic E-state index is 0.119. The molecule has 1 aliphatic rings. The maximum absolute atomic E-state index is 2.54. The highest BCUT2D eigenvalue weighted by atomic mass is 15.1. The molecule has 0 fully saturated rings. The normalized spacial score (nSPS) is 12.9. The van der Waals surface area contributed by atoms with Gasteiger partial charge in [0, 0.05) is 44.2 Å². The average molecular weight is 829 g/mol. The third-order valence-corrected chi connectivity index (χ3v) is 14.1. The van der Waals surface area contributed by atoms with E-state index in [1.807, 2.05) is 0 Å². The summed E-state index contributed by atoms with van der Waals surface area (Å²) in [7, 11) is 0. The number of benzene rings is 11. The lowest BCUT2D eigenvalue weighted by Crippen LogP contribution is -2.16. The van der Waals surface area contributed by atoms with E-state index < -0.39 is 0 Å². The minimum Gasteiger partial charge on any atom is -0.310 e. The summed E-state index contributed by atoms with van der Waals surface area (Å²) in [6, 6.07) is 85.2. The van der Waals surface area contributed by atoms with Gasteiger partial charge in [-0.2, -0.15) is 0 Å². The van der Waals surface area contributed by atoms with E-state index in [-0.39, 0.29) is 5.41 Å². The lowest BCUT2D eigenvalue weighted by atomic mass is 9.82. The van der Waals surface area contributed by atoms with Crippen molar-refractivity contribution in [2.24, 2.45) is 0 Å². The molecule has 0 aliphatic heterocycles. The fraction of sp³-hybridized carbons (Fsp3) is 0.0476. The summed E-state index contributed by atoms with van der Waals surface area (Å²) in [5.74, 6) is 0. The van der Waals surface area contributed by atoms with Crippen molar-refractivity contribution >= 4 is 60.3 Å². The first kappa shape index (κ1) is 37.4. The Kier molecular flexibility index (Phi) is 8.29. The molecular formula is C63H44N2. The average Bonchev–Trinajstić information content (AvgIpc) is 3.83. The Morgan fingerprint density at radius 2 is 0.954 bits per heavy atom. The highest BCUT2D eigenvalue weighted by Crippen LogP contribution is 2.53. The van der Waals surface area contributed by atoms with Crippen LogP contribution in [-0.4, -0.2) is 4.57 Å². The topological polar surface area (TPSA) is 8.17 Å². The molecule has 0 saturated carbocycles. The molecule has 0 spiro atoms. The molecule has 2 nitrogen and oxygen atoms in total. The van der Waals surface area contributed by atoms with Gasteiger partial charge in [0.2, 0.25) is 0 Å². The first-order valence-corrected chi connectivity index (χ1v) is 22.7. The highest BCUT2D eigenvalue weighted by Gasteiger charge is 2.36. The monoisotopic (exact) mass is 828 g/mol. The first-order valence-electron chi connectivity index (χ1n) is 22.7. The Morgan fingerprint density at radius 3 is 1.69 bits per heavy atom. The van der Waals surface area contributed by atoms with E-state index in [9.17, 15) is 0 Å². The van der Waals surface area contributed by atoms with Gasteiger partial charge in [-0.1, -0.05) is 196 Å². The quantitative estimate of drug-likeness (QED) is 0.145. The lowest BCUT2D eigenvalue weighted by Gasteiger charge is -2.29. The van der Waals surface area contributed by atoms with E-state index in [1.165, 1.54) is 99.0 Å². The maximum Gasteiger partial charge on any atom is 0.0620 e. The van der Waals surface area contributed by atoms with Gasteiger partial charge in [0.15, 0.2) is 0 Å². The van der Waals surface area contributed by atoms with Crippen molar-refractivity contribution in [3.63, 3.8) is 0 Å². The predicted octanol–water partition coefficient (Wildman–Crippen LogP) is 17.3. The van der Waals surface area contributed by atoms with Crippen LogP contribution in [0.2, 0.25) is 0 Å². The molecule has 306 valence electrons. The van der Waals surface area contributed by atoms with Crippen LogP contribution in [0.3, 0.4) is 0 Å². The molecule has 0 saturated heterocycles. The molecule has 0 bridgehead atoms. The van der Waals surface area contributed by atoms with Crippen LogP contribution < -0.4 is 4.90 Å². The summed E-state index contributed by atoms with van der Waals surface area (Å²) in [6.45, 7) is 4.73. The molecule has 0 atom stereocenters. The standard InChI is InChI=1S/C63H44N2/c1-63(2)55-26-16-15-25-50(55)51-37-34-49(40-56(51)63)64(47-23-13-6-14-24-47)57-38-31-44-29-36-53-59-46(30-35-52(57)58(44)59)39-54-60(43-19-9-4-10-20-43)61(45-21-11-5-12-22-45)65(62(53)54)48-32-27-42(28-33-48)41-17-7-3-8-18-41/h3-40H,1-2H3. The van der Waals surface area contributed by atoms with Crippen LogP contribution in [0.1, 0.15) is 25.0 Å². The number of aromatic nitrogens is 1. The summed E-state index contributed by atoms with van der Waals surface area (Å²) in [5, 5.41) is 8.74. The van der Waals surface area contributed by atoms with E-state index in [0.29, 0.717) is 0 Å². The fourth-order valence-electron chi connectivity index (χ4n) is 11.1. The summed E-state index contributed by atoms with van der Waals surface area (Å²) in [6.07, 6.45) is 0. The van der Waals surface area contributed by atoms with Gasteiger partial charge in [-0.05, 0) is 115 Å². The third-order valence-electron chi connectivity index (χ3n) is 14.1. The van der Waals surface area contributed by atoms with Crippen molar-refractivity contribution in [3.8, 4) is 50.3 Å². The van der Waals surface area contributed by atoms with Gasteiger partial charge in [0.25, 0.3) is 0 Å². The minimum atomic E-state index is -0.119. The van der Waals surface area contributed by atoms with E-state index in [4.69, 9.17) is 0 Å². The van der Waals surface area contributed by atoms with Crippen molar-refractivity contribution in [2.45, 2.75) is 19.3 Å². The Labute approximate surface area is 379 Å². The zero-order chi connectivity index (χ0) is 43.2. The number of anilines is 3. The molecule has 0 radical (unpaired) electrons. The molecule has 0 N–H and O–H groups in total. The van der Waals surface area contributed by atoms with Crippen molar-refractivity contribution in [2.75, 3.05) is 4.90 Å². The van der Waals surface area contributed by atoms with Crippen LogP contribution in [-0.2, 0) is 5.41 Å². The fourth-order valence-corrected chi connectivity index (χ4v) is 11.1. The van der Waals surface area contributed by atoms with Gasteiger partial charge in [0.1, 0.15) is 0 Å². The summed E-state index contributed by atoms with van der Waals surface area (Å²) in [4.78, 5) is 2.47. The van der Waals surface area contributed by atoms with Gasteiger partial charge in [-0.25, -0.2) is 0 Å². The summed E-state index contributed by atoms with van der Waals surface area (Å²) in [5.41, 5.74) is 18.3. The van der Waals surface area contributed by atoms with E-state index in [0.717, 1.165) is 22.7 Å². The van der Waals surface area contributed by atoms with Gasteiger partial charge < -0.3 is 9.47 Å². The van der Waals surface area contributed by atoms with Gasteiger partial charge in [-0.3, -0.25) is 0 Å². The number of hydrogen-bond acceptors (Lipinski definition) is 1. The first-order chi connectivity index (χ1) is 32.0. The Bertz CT molecular complexity index is 3750. The SMILES string of the molecule is CC1(C)c2ccccc2-c2ccc(N(c3ccccc3)c3ccc4ccc5c6c(ccc3c46)cc3c(-c4ccccc4)c(-c4ccccc4)n(-c4ccc(-c6ccccc6)cc4)c35)cc21. The molecule has 13 rings (SSSR count). The molecule has 65 heavy (non-hydrogen) atoms. The van der Waals surface area contributed by atoms with Crippen molar-refractivity contribution in [1.29, 1.82) is 0 Å². The Morgan fingerprint density at radius 1 is 0.385 bits per heavy atom. The zero-order valence-corrected chi connectivity index (χ0v) is 36.3. The summed E-state index contributed by atoms with van der Waals surface area (Å²) >= 11 is 0. The Balaban J connectivity index is 1.10. The maximum atomic E-state index is 2.54. The molecule has 1 aliphatic carbocycles. The third kappa shape index (κ3) is 5.67. The van der Waals surface area contributed by atoms with Crippen LogP contribution in [0.5, 0.6) is 0 Å². The predicted molar refractivity (Wildman–Crippen MR) is 276 cm³/mol. The zero-order valence-electron chi connectivity index (χ0n) is 36.3. The Hall–Kier alpha value is -8.20. The van der Waals surface area contributed by atoms with Crippen molar-refractivity contribution in [1.82, 2.24) is 4.57 Å². The number of fused-ring (bicyclic) bond motifs is 5. The van der Waals surface area contributed by atoms with Crippen LogP contribution in [0.25, 0.3) is 93.5 Å². The molecule has 11 aromatic carbocycles.